The summed E-state index contributed by atoms with van der Waals surface area (Å²) in [6.45, 7) is 3.38. The van der Waals surface area contributed by atoms with E-state index < -0.39 is 0 Å². The van der Waals surface area contributed by atoms with Gasteiger partial charge in [-0.3, -0.25) is 4.90 Å². The van der Waals surface area contributed by atoms with Crippen LogP contribution in [0.2, 0.25) is 0 Å². The highest BCUT2D eigenvalue weighted by Crippen LogP contribution is 2.29. The predicted octanol–water partition coefficient (Wildman–Crippen LogP) is 1.95. The normalized spacial score (nSPS) is 25.0. The third-order valence-corrected chi connectivity index (χ3v) is 4.61. The zero-order valence-electron chi connectivity index (χ0n) is 9.85. The summed E-state index contributed by atoms with van der Waals surface area (Å²) in [6.07, 6.45) is 4.08. The number of thiophene rings is 1. The highest BCUT2D eigenvalue weighted by atomic mass is 32.1. The summed E-state index contributed by atoms with van der Waals surface area (Å²) in [5, 5.41) is 12.4. The molecular weight excluding hydrogens is 230 g/mol. The fourth-order valence-electron chi connectivity index (χ4n) is 2.50. The predicted molar refractivity (Wildman–Crippen MR) is 68.9 cm³/mol. The second-order valence-electron chi connectivity index (χ2n) is 4.97. The topological polar surface area (TPSA) is 39.1 Å². The van der Waals surface area contributed by atoms with E-state index >= 15 is 0 Å². The maximum atomic E-state index is 8.77. The first kappa shape index (κ1) is 11.2. The van der Waals surface area contributed by atoms with Crippen LogP contribution >= 0.6 is 11.3 Å². The van der Waals surface area contributed by atoms with Crippen LogP contribution in [0.15, 0.2) is 12.1 Å². The quantitative estimate of drug-likeness (QED) is 0.884. The molecule has 1 aliphatic heterocycles. The summed E-state index contributed by atoms with van der Waals surface area (Å²) in [7, 11) is 0. The maximum Gasteiger partial charge on any atom is 0.110 e. The lowest BCUT2D eigenvalue weighted by Gasteiger charge is -2.15. The van der Waals surface area contributed by atoms with Crippen molar-refractivity contribution in [3.63, 3.8) is 0 Å². The number of nitrogens with one attached hydrogen (secondary N) is 1. The second-order valence-corrected chi connectivity index (χ2v) is 6.14. The largest absolute Gasteiger partial charge is 0.308 e. The molecule has 0 bridgehead atoms. The van der Waals surface area contributed by atoms with Crippen LogP contribution < -0.4 is 5.32 Å². The zero-order chi connectivity index (χ0) is 11.7. The Morgan fingerprint density at radius 3 is 3.00 bits per heavy atom. The lowest BCUT2D eigenvalue weighted by molar-refractivity contribution is 0.317. The third kappa shape index (κ3) is 2.68. The van der Waals surface area contributed by atoms with Crippen molar-refractivity contribution in [2.24, 2.45) is 0 Å². The molecule has 2 heterocycles. The summed E-state index contributed by atoms with van der Waals surface area (Å²) in [5.74, 6) is 0. The van der Waals surface area contributed by atoms with Gasteiger partial charge in [0, 0.05) is 36.6 Å². The number of nitriles is 1. The van der Waals surface area contributed by atoms with Gasteiger partial charge in [0.2, 0.25) is 0 Å². The van der Waals surface area contributed by atoms with Crippen LogP contribution in [-0.2, 0) is 6.54 Å². The average molecular weight is 247 g/mol. The Morgan fingerprint density at radius 1 is 1.41 bits per heavy atom. The smallest absolute Gasteiger partial charge is 0.110 e. The van der Waals surface area contributed by atoms with Crippen LogP contribution in [0.5, 0.6) is 0 Å². The van der Waals surface area contributed by atoms with Crippen molar-refractivity contribution in [1.82, 2.24) is 10.2 Å². The minimum Gasteiger partial charge on any atom is -0.308 e. The third-order valence-electron chi connectivity index (χ3n) is 3.62. The standard InChI is InChI=1S/C13H17N3S/c14-7-12-3-4-13(17-12)8-15-10-5-6-16(9-10)11-1-2-11/h3-4,10-11,15H,1-2,5-6,8-9H2. The molecule has 0 amide bonds. The van der Waals surface area contributed by atoms with Crippen LogP contribution in [0.3, 0.4) is 0 Å². The van der Waals surface area contributed by atoms with E-state index in [9.17, 15) is 0 Å². The Labute approximate surface area is 106 Å². The van der Waals surface area contributed by atoms with E-state index in [1.807, 2.05) is 6.07 Å². The van der Waals surface area contributed by atoms with E-state index in [4.69, 9.17) is 5.26 Å². The van der Waals surface area contributed by atoms with E-state index in [1.54, 1.807) is 11.3 Å². The molecule has 0 aromatic carbocycles. The van der Waals surface area contributed by atoms with Gasteiger partial charge < -0.3 is 5.32 Å². The molecule has 1 N–H and O–H groups in total. The van der Waals surface area contributed by atoms with Gasteiger partial charge in [0.15, 0.2) is 0 Å². The Kier molecular flexibility index (Phi) is 3.15. The summed E-state index contributed by atoms with van der Waals surface area (Å²) in [4.78, 5) is 4.70. The van der Waals surface area contributed by atoms with Crippen LogP contribution in [-0.4, -0.2) is 30.1 Å². The molecule has 1 saturated heterocycles. The molecule has 1 aromatic heterocycles. The molecule has 3 rings (SSSR count). The van der Waals surface area contributed by atoms with Crippen LogP contribution in [0, 0.1) is 11.3 Å². The first-order chi connectivity index (χ1) is 8.35. The molecule has 4 heteroatoms. The van der Waals surface area contributed by atoms with Crippen molar-refractivity contribution in [3.8, 4) is 6.07 Å². The summed E-state index contributed by atoms with van der Waals surface area (Å²) < 4.78 is 0. The lowest BCUT2D eigenvalue weighted by atomic mass is 10.2. The molecule has 0 spiro atoms. The first-order valence-corrected chi connectivity index (χ1v) is 7.13. The molecule has 2 aliphatic rings. The van der Waals surface area contributed by atoms with Gasteiger partial charge in [-0.25, -0.2) is 0 Å². The Hall–Kier alpha value is -0.890. The average Bonchev–Trinajstić information content (AvgIpc) is 2.93. The Balaban J connectivity index is 1.46. The van der Waals surface area contributed by atoms with Crippen LogP contribution in [0.4, 0.5) is 0 Å². The van der Waals surface area contributed by atoms with Gasteiger partial charge in [-0.15, -0.1) is 11.3 Å². The molecule has 1 aromatic rings. The second kappa shape index (κ2) is 4.77. The van der Waals surface area contributed by atoms with Crippen molar-refractivity contribution in [2.75, 3.05) is 13.1 Å². The monoisotopic (exact) mass is 247 g/mol. The van der Waals surface area contributed by atoms with E-state index in [-0.39, 0.29) is 0 Å². The highest BCUT2D eigenvalue weighted by Gasteiger charge is 2.33. The number of rotatable bonds is 4. The summed E-state index contributed by atoms with van der Waals surface area (Å²) in [6, 6.07) is 7.70. The summed E-state index contributed by atoms with van der Waals surface area (Å²) in [5.41, 5.74) is 0. The van der Waals surface area contributed by atoms with Gasteiger partial charge in [-0.2, -0.15) is 5.26 Å². The van der Waals surface area contributed by atoms with E-state index in [0.717, 1.165) is 17.5 Å². The minimum atomic E-state index is 0.642. The maximum absolute atomic E-state index is 8.77. The number of hydrogen-bond donors (Lipinski definition) is 1. The molecule has 90 valence electrons. The molecular formula is C13H17N3S. The van der Waals surface area contributed by atoms with Crippen molar-refractivity contribution < 1.29 is 0 Å². The lowest BCUT2D eigenvalue weighted by Crippen LogP contribution is -2.32. The van der Waals surface area contributed by atoms with Gasteiger partial charge >= 0.3 is 0 Å². The molecule has 2 fully saturated rings. The molecule has 1 aliphatic carbocycles. The van der Waals surface area contributed by atoms with Crippen LogP contribution in [0.1, 0.15) is 29.0 Å². The van der Waals surface area contributed by atoms with Gasteiger partial charge in [-0.05, 0) is 31.4 Å². The zero-order valence-corrected chi connectivity index (χ0v) is 10.7. The first-order valence-electron chi connectivity index (χ1n) is 6.31. The Morgan fingerprint density at radius 2 is 2.29 bits per heavy atom. The minimum absolute atomic E-state index is 0.642. The van der Waals surface area contributed by atoms with E-state index in [2.05, 4.69) is 22.4 Å². The van der Waals surface area contributed by atoms with Gasteiger partial charge in [-0.1, -0.05) is 0 Å². The molecule has 17 heavy (non-hydrogen) atoms. The van der Waals surface area contributed by atoms with Crippen molar-refractivity contribution >= 4 is 11.3 Å². The van der Waals surface area contributed by atoms with Gasteiger partial charge in [0.1, 0.15) is 10.9 Å². The molecule has 1 atom stereocenters. The highest BCUT2D eigenvalue weighted by molar-refractivity contribution is 7.12. The van der Waals surface area contributed by atoms with Crippen molar-refractivity contribution in [3.05, 3.63) is 21.9 Å². The molecule has 1 saturated carbocycles. The summed E-state index contributed by atoms with van der Waals surface area (Å²) >= 11 is 1.60. The fourth-order valence-corrected chi connectivity index (χ4v) is 3.26. The van der Waals surface area contributed by atoms with Crippen LogP contribution in [0.25, 0.3) is 0 Å². The fraction of sp³-hybridized carbons (Fsp3) is 0.615. The number of likely N-dealkylation sites (tertiary alicyclic amines) is 1. The number of hydrogen-bond acceptors (Lipinski definition) is 4. The van der Waals surface area contributed by atoms with Gasteiger partial charge in [0.25, 0.3) is 0 Å². The number of nitrogens with zero attached hydrogens (tertiary/aromatic N) is 2. The molecule has 3 nitrogen and oxygen atoms in total. The van der Waals surface area contributed by atoms with Crippen molar-refractivity contribution in [2.45, 2.75) is 37.9 Å². The molecule has 1 unspecified atom stereocenters. The molecule has 0 radical (unpaired) electrons. The van der Waals surface area contributed by atoms with Gasteiger partial charge in [0.05, 0.1) is 0 Å². The van der Waals surface area contributed by atoms with E-state index in [0.29, 0.717) is 6.04 Å². The van der Waals surface area contributed by atoms with E-state index in [1.165, 1.54) is 37.2 Å². The Bertz CT molecular complexity index is 430. The SMILES string of the molecule is N#Cc1ccc(CNC2CCN(C3CC3)C2)s1. The van der Waals surface area contributed by atoms with Crippen molar-refractivity contribution in [1.29, 1.82) is 5.26 Å².